The van der Waals surface area contributed by atoms with Crippen LogP contribution in [0.4, 0.5) is 11.4 Å². The monoisotopic (exact) mass is 400 g/mol. The predicted octanol–water partition coefficient (Wildman–Crippen LogP) is 2.98. The number of morpholine rings is 1. The lowest BCUT2D eigenvalue weighted by Crippen LogP contribution is -2.36. The van der Waals surface area contributed by atoms with Gasteiger partial charge in [-0.3, -0.25) is 9.59 Å². The molecule has 1 saturated carbocycles. The van der Waals surface area contributed by atoms with E-state index in [0.29, 0.717) is 25.3 Å². The summed E-state index contributed by atoms with van der Waals surface area (Å²) in [6.45, 7) is 6.27. The first-order valence-electron chi connectivity index (χ1n) is 8.55. The van der Waals surface area contributed by atoms with E-state index in [1.165, 1.54) is 6.92 Å². The fourth-order valence-corrected chi connectivity index (χ4v) is 3.48. The zero-order valence-corrected chi connectivity index (χ0v) is 16.3. The van der Waals surface area contributed by atoms with Crippen molar-refractivity contribution in [2.24, 2.45) is 5.41 Å². The van der Waals surface area contributed by atoms with Gasteiger partial charge in [0.2, 0.25) is 0 Å². The molecule has 2 fully saturated rings. The van der Waals surface area contributed by atoms with Crippen LogP contribution in [-0.2, 0) is 19.1 Å². The van der Waals surface area contributed by atoms with Crippen molar-refractivity contribution >= 4 is 46.5 Å². The number of benzene rings is 1. The van der Waals surface area contributed by atoms with Crippen molar-refractivity contribution in [2.45, 2.75) is 30.7 Å². The Morgan fingerprint density at radius 1 is 1.23 bits per heavy atom. The second-order valence-corrected chi connectivity index (χ2v) is 8.38. The maximum atomic E-state index is 12.3. The average molecular weight is 401 g/mol. The first kappa shape index (κ1) is 19.3. The molecule has 3 rings (SSSR count). The molecule has 1 aliphatic heterocycles. The number of hydrogen-bond acceptors (Lipinski definition) is 5. The Labute approximate surface area is 162 Å². The average Bonchev–Trinajstić information content (AvgIpc) is 3.15. The largest absolute Gasteiger partial charge is 0.452 e. The first-order valence-corrected chi connectivity index (χ1v) is 9.31. The maximum absolute atomic E-state index is 12.3. The summed E-state index contributed by atoms with van der Waals surface area (Å²) in [6.07, 6.45) is -0.623. The Balaban J connectivity index is 1.53. The molecule has 1 heterocycles. The van der Waals surface area contributed by atoms with E-state index in [9.17, 15) is 9.59 Å². The molecule has 8 heteroatoms. The number of carbonyl (C=O) groups excluding carboxylic acids is 2. The minimum Gasteiger partial charge on any atom is -0.452 e. The third kappa shape index (κ3) is 3.92. The fourth-order valence-electron chi connectivity index (χ4n) is 2.79. The number of rotatable bonds is 5. The maximum Gasteiger partial charge on any atom is 0.315 e. The minimum absolute atomic E-state index is 0.319. The Morgan fingerprint density at radius 2 is 1.81 bits per heavy atom. The minimum atomic E-state index is -1.12. The van der Waals surface area contributed by atoms with Crippen LogP contribution < -0.4 is 10.2 Å². The first-order chi connectivity index (χ1) is 12.2. The predicted molar refractivity (Wildman–Crippen MR) is 101 cm³/mol. The van der Waals surface area contributed by atoms with E-state index in [1.54, 1.807) is 6.92 Å². The van der Waals surface area contributed by atoms with Gasteiger partial charge in [0.25, 0.3) is 5.91 Å². The van der Waals surface area contributed by atoms with Crippen molar-refractivity contribution in [3.63, 3.8) is 0 Å². The topological polar surface area (TPSA) is 67.9 Å². The van der Waals surface area contributed by atoms with Crippen molar-refractivity contribution in [3.05, 3.63) is 24.3 Å². The fraction of sp³-hybridized carbons (Fsp3) is 0.556. The van der Waals surface area contributed by atoms with Crippen LogP contribution in [0, 0.1) is 5.41 Å². The van der Waals surface area contributed by atoms with E-state index < -0.39 is 27.7 Å². The molecular formula is C18H22Cl2N2O4. The van der Waals surface area contributed by atoms with Gasteiger partial charge >= 0.3 is 5.97 Å². The van der Waals surface area contributed by atoms with E-state index in [-0.39, 0.29) is 0 Å². The van der Waals surface area contributed by atoms with Crippen LogP contribution in [0.15, 0.2) is 24.3 Å². The van der Waals surface area contributed by atoms with Crippen LogP contribution in [-0.4, -0.2) is 48.6 Å². The van der Waals surface area contributed by atoms with Crippen LogP contribution in [0.2, 0.25) is 0 Å². The number of nitrogens with zero attached hydrogens (tertiary/aromatic N) is 1. The highest BCUT2D eigenvalue weighted by molar-refractivity contribution is 6.53. The molecule has 1 aliphatic carbocycles. The molecule has 0 bridgehead atoms. The molecule has 2 aliphatic rings. The van der Waals surface area contributed by atoms with Crippen molar-refractivity contribution in [1.29, 1.82) is 0 Å². The zero-order chi connectivity index (χ0) is 18.9. The summed E-state index contributed by atoms with van der Waals surface area (Å²) in [5.41, 5.74) is 0.759. The SMILES string of the molecule is C[C@H](OC(=O)[C@]1(C)CC1(Cl)Cl)C(=O)Nc1ccc(N2CCOCC2)cc1. The van der Waals surface area contributed by atoms with Gasteiger partial charge in [0.1, 0.15) is 9.75 Å². The molecular weight excluding hydrogens is 379 g/mol. The quantitative estimate of drug-likeness (QED) is 0.607. The van der Waals surface area contributed by atoms with Gasteiger partial charge in [-0.2, -0.15) is 0 Å². The van der Waals surface area contributed by atoms with Crippen LogP contribution in [0.5, 0.6) is 0 Å². The molecule has 1 saturated heterocycles. The summed E-state index contributed by atoms with van der Waals surface area (Å²) in [5, 5.41) is 2.74. The lowest BCUT2D eigenvalue weighted by molar-refractivity contribution is -0.158. The number of ether oxygens (including phenoxy) is 2. The Bertz CT molecular complexity index is 689. The van der Waals surface area contributed by atoms with E-state index in [1.807, 2.05) is 24.3 Å². The molecule has 0 aromatic heterocycles. The molecule has 0 unspecified atom stereocenters. The summed E-state index contributed by atoms with van der Waals surface area (Å²) in [6, 6.07) is 7.53. The van der Waals surface area contributed by atoms with Gasteiger partial charge in [0.05, 0.1) is 13.2 Å². The molecule has 1 N–H and O–H groups in total. The van der Waals surface area contributed by atoms with Gasteiger partial charge in [0, 0.05) is 30.9 Å². The Kier molecular flexibility index (Phi) is 5.37. The standard InChI is InChI=1S/C18H22Cl2N2O4/c1-12(26-16(24)17(2)11-18(17,19)20)15(23)21-13-3-5-14(6-4-13)22-7-9-25-10-8-22/h3-6,12H,7-11H2,1-2H3,(H,21,23)/t12-,17-/m0/s1. The van der Waals surface area contributed by atoms with Crippen molar-refractivity contribution in [3.8, 4) is 0 Å². The van der Waals surface area contributed by atoms with E-state index in [2.05, 4.69) is 10.2 Å². The van der Waals surface area contributed by atoms with E-state index >= 15 is 0 Å². The third-order valence-corrected chi connectivity index (χ3v) is 5.97. The molecule has 0 spiro atoms. The highest BCUT2D eigenvalue weighted by Gasteiger charge is 2.69. The number of esters is 1. The van der Waals surface area contributed by atoms with Gasteiger partial charge in [-0.1, -0.05) is 0 Å². The number of hydrogen-bond donors (Lipinski definition) is 1. The Hall–Kier alpha value is -1.50. The lowest BCUT2D eigenvalue weighted by atomic mass is 10.1. The third-order valence-electron chi connectivity index (χ3n) is 4.87. The van der Waals surface area contributed by atoms with Crippen LogP contribution >= 0.6 is 23.2 Å². The summed E-state index contributed by atoms with van der Waals surface area (Å²) >= 11 is 11.9. The second kappa shape index (κ2) is 7.25. The molecule has 1 aromatic carbocycles. The highest BCUT2D eigenvalue weighted by atomic mass is 35.5. The van der Waals surface area contributed by atoms with E-state index in [4.69, 9.17) is 32.7 Å². The summed E-state index contributed by atoms with van der Waals surface area (Å²) < 4.78 is 9.45. The number of halogens is 2. The van der Waals surface area contributed by atoms with Gasteiger partial charge in [0.15, 0.2) is 6.10 Å². The van der Waals surface area contributed by atoms with Gasteiger partial charge in [-0.15, -0.1) is 23.2 Å². The molecule has 142 valence electrons. The highest BCUT2D eigenvalue weighted by Crippen LogP contribution is 2.64. The molecule has 1 amide bonds. The second-order valence-electron chi connectivity index (χ2n) is 6.90. The van der Waals surface area contributed by atoms with Crippen molar-refractivity contribution < 1.29 is 19.1 Å². The van der Waals surface area contributed by atoms with E-state index in [0.717, 1.165) is 18.8 Å². The van der Waals surface area contributed by atoms with Crippen molar-refractivity contribution in [2.75, 3.05) is 36.5 Å². The molecule has 0 radical (unpaired) electrons. The molecule has 26 heavy (non-hydrogen) atoms. The molecule has 1 aromatic rings. The molecule has 2 atom stereocenters. The normalized spacial score (nSPS) is 25.3. The summed E-state index contributed by atoms with van der Waals surface area (Å²) in [5.74, 6) is -0.968. The van der Waals surface area contributed by atoms with Gasteiger partial charge in [-0.25, -0.2) is 0 Å². The zero-order valence-electron chi connectivity index (χ0n) is 14.8. The van der Waals surface area contributed by atoms with Gasteiger partial charge < -0.3 is 19.7 Å². The summed E-state index contributed by atoms with van der Waals surface area (Å²) in [7, 11) is 0. The summed E-state index contributed by atoms with van der Waals surface area (Å²) in [4.78, 5) is 26.6. The number of carbonyl (C=O) groups is 2. The van der Waals surface area contributed by atoms with Crippen LogP contribution in [0.3, 0.4) is 0 Å². The Morgan fingerprint density at radius 3 is 2.35 bits per heavy atom. The van der Waals surface area contributed by atoms with Gasteiger partial charge in [-0.05, 0) is 38.1 Å². The van der Waals surface area contributed by atoms with Crippen molar-refractivity contribution in [1.82, 2.24) is 0 Å². The molecule has 6 nitrogen and oxygen atoms in total. The van der Waals surface area contributed by atoms with Crippen LogP contribution in [0.25, 0.3) is 0 Å². The number of nitrogens with one attached hydrogen (secondary N) is 1. The smallest absolute Gasteiger partial charge is 0.315 e. The number of alkyl halides is 2. The number of anilines is 2. The number of amides is 1. The van der Waals surface area contributed by atoms with Crippen LogP contribution in [0.1, 0.15) is 20.3 Å². The lowest BCUT2D eigenvalue weighted by Gasteiger charge is -2.29.